The molecule has 0 aliphatic heterocycles. The van der Waals surface area contributed by atoms with Crippen molar-refractivity contribution in [1.82, 2.24) is 20.1 Å². The minimum Gasteiger partial charge on any atom is -0.443 e. The third kappa shape index (κ3) is 6.40. The molecule has 0 aromatic carbocycles. The van der Waals surface area contributed by atoms with Crippen molar-refractivity contribution in [2.24, 2.45) is 4.99 Å². The van der Waals surface area contributed by atoms with Crippen LogP contribution in [0.4, 0.5) is 0 Å². The summed E-state index contributed by atoms with van der Waals surface area (Å²) in [7, 11) is 1.86. The lowest BCUT2D eigenvalue weighted by atomic mass is 9.94. The summed E-state index contributed by atoms with van der Waals surface area (Å²) in [5.41, 5.74) is -0.0769. The van der Waals surface area contributed by atoms with E-state index in [1.54, 1.807) is 6.20 Å². The molecule has 1 N–H and O–H groups in total. The van der Waals surface area contributed by atoms with Gasteiger partial charge < -0.3 is 19.5 Å². The van der Waals surface area contributed by atoms with Gasteiger partial charge in [0.2, 0.25) is 11.8 Å². The second-order valence-electron chi connectivity index (χ2n) is 6.96. The molecule has 7 heteroatoms. The predicted octanol–water partition coefficient (Wildman–Crippen LogP) is 2.24. The average Bonchev–Trinajstić information content (AvgIpc) is 3.01. The lowest BCUT2D eigenvalue weighted by molar-refractivity contribution is -0.131. The molecular weight excluding hydrogens is 318 g/mol. The summed E-state index contributed by atoms with van der Waals surface area (Å²) >= 11 is 0. The van der Waals surface area contributed by atoms with Gasteiger partial charge >= 0.3 is 0 Å². The van der Waals surface area contributed by atoms with E-state index in [4.69, 9.17) is 4.42 Å². The van der Waals surface area contributed by atoms with Gasteiger partial charge in [-0.2, -0.15) is 0 Å². The molecule has 7 nitrogen and oxygen atoms in total. The zero-order valence-corrected chi connectivity index (χ0v) is 16.7. The molecule has 0 saturated heterocycles. The smallest absolute Gasteiger partial charge is 0.242 e. The first-order chi connectivity index (χ1) is 11.7. The van der Waals surface area contributed by atoms with Gasteiger partial charge in [0, 0.05) is 32.1 Å². The van der Waals surface area contributed by atoms with E-state index in [2.05, 4.69) is 36.1 Å². The van der Waals surface area contributed by atoms with E-state index in [0.717, 1.165) is 12.3 Å². The van der Waals surface area contributed by atoms with Crippen LogP contribution < -0.4 is 5.32 Å². The van der Waals surface area contributed by atoms with Crippen molar-refractivity contribution in [3.05, 3.63) is 17.8 Å². The molecule has 0 aliphatic rings. The van der Waals surface area contributed by atoms with Gasteiger partial charge in [0.05, 0.1) is 12.7 Å². The molecule has 1 amide bonds. The van der Waals surface area contributed by atoms with Gasteiger partial charge in [-0.25, -0.2) is 9.98 Å². The van der Waals surface area contributed by atoms with Crippen molar-refractivity contribution in [1.29, 1.82) is 0 Å². The van der Waals surface area contributed by atoms with E-state index in [1.165, 1.54) is 0 Å². The zero-order valence-electron chi connectivity index (χ0n) is 16.7. The number of carbonyl (C=O) groups is 1. The van der Waals surface area contributed by atoms with Crippen LogP contribution in [0.1, 0.15) is 53.2 Å². The van der Waals surface area contributed by atoms with Crippen LogP contribution in [-0.2, 0) is 16.8 Å². The van der Waals surface area contributed by atoms with Crippen LogP contribution in [-0.4, -0.2) is 59.9 Å². The molecule has 0 aliphatic carbocycles. The maximum absolute atomic E-state index is 12.3. The normalized spacial score (nSPS) is 12.2. The summed E-state index contributed by atoms with van der Waals surface area (Å²) < 4.78 is 5.77. The average molecular weight is 351 g/mol. The second-order valence-corrected chi connectivity index (χ2v) is 6.96. The molecular formula is C18H33N5O2. The predicted molar refractivity (Wildman–Crippen MR) is 101 cm³/mol. The molecule has 0 saturated carbocycles. The number of hydrogen-bond acceptors (Lipinski definition) is 4. The Kier molecular flexibility index (Phi) is 7.93. The maximum Gasteiger partial charge on any atom is 0.242 e. The van der Waals surface area contributed by atoms with Crippen molar-refractivity contribution in [3.8, 4) is 0 Å². The van der Waals surface area contributed by atoms with Crippen LogP contribution in [0.15, 0.2) is 15.6 Å². The minimum absolute atomic E-state index is 0.0769. The Morgan fingerprint density at radius 1 is 1.28 bits per heavy atom. The first kappa shape index (κ1) is 21.0. The number of amides is 1. The number of oxazole rings is 1. The number of carbonyl (C=O) groups excluding carboxylic acids is 1. The highest BCUT2D eigenvalue weighted by Gasteiger charge is 2.19. The highest BCUT2D eigenvalue weighted by atomic mass is 16.4. The molecule has 25 heavy (non-hydrogen) atoms. The van der Waals surface area contributed by atoms with Gasteiger partial charge in [-0.3, -0.25) is 4.79 Å². The summed E-state index contributed by atoms with van der Waals surface area (Å²) in [6, 6.07) is 0. The van der Waals surface area contributed by atoms with Crippen LogP contribution in [0.3, 0.4) is 0 Å². The van der Waals surface area contributed by atoms with Crippen LogP contribution >= 0.6 is 0 Å². The first-order valence-corrected chi connectivity index (χ1v) is 8.95. The molecule has 0 radical (unpaired) electrons. The largest absolute Gasteiger partial charge is 0.443 e. The van der Waals surface area contributed by atoms with Crippen LogP contribution in [0.25, 0.3) is 0 Å². The first-order valence-electron chi connectivity index (χ1n) is 8.95. The fraction of sp³-hybridized carbons (Fsp3) is 0.722. The summed E-state index contributed by atoms with van der Waals surface area (Å²) in [5.74, 6) is 2.17. The molecule has 0 atom stereocenters. The van der Waals surface area contributed by atoms with Crippen molar-refractivity contribution in [3.63, 3.8) is 0 Å². The second kappa shape index (κ2) is 9.44. The highest BCUT2D eigenvalue weighted by molar-refractivity contribution is 5.86. The van der Waals surface area contributed by atoms with Gasteiger partial charge in [0.15, 0.2) is 5.96 Å². The standard InChI is InChI=1S/C18H33N5O2/c1-8-19-17(22(7)13-16(24)23(9-2)10-3)21-12-15-20-11-14(25-15)18(4,5)6/h11H,8-10,12-13H2,1-7H3,(H,19,21). The lowest BCUT2D eigenvalue weighted by Crippen LogP contribution is -2.45. The number of hydrogen-bond donors (Lipinski definition) is 1. The monoisotopic (exact) mass is 351 g/mol. The Morgan fingerprint density at radius 2 is 1.92 bits per heavy atom. The number of rotatable bonds is 7. The Labute approximate surface area is 151 Å². The van der Waals surface area contributed by atoms with Gasteiger partial charge in [-0.1, -0.05) is 20.8 Å². The summed E-state index contributed by atoms with van der Waals surface area (Å²) in [6.07, 6.45) is 1.76. The third-order valence-electron chi connectivity index (χ3n) is 3.84. The van der Waals surface area contributed by atoms with Crippen LogP contribution in [0.5, 0.6) is 0 Å². The van der Waals surface area contributed by atoms with E-state index < -0.39 is 0 Å². The summed E-state index contributed by atoms with van der Waals surface area (Å²) in [6.45, 7) is 15.0. The SMILES string of the molecule is CCNC(=NCc1ncc(C(C)(C)C)o1)N(C)CC(=O)N(CC)CC. The van der Waals surface area contributed by atoms with Gasteiger partial charge in [-0.15, -0.1) is 0 Å². The van der Waals surface area contributed by atoms with Crippen LogP contribution in [0, 0.1) is 0 Å². The molecule has 0 fully saturated rings. The highest BCUT2D eigenvalue weighted by Crippen LogP contribution is 2.22. The fourth-order valence-corrected chi connectivity index (χ4v) is 2.30. The van der Waals surface area contributed by atoms with Gasteiger partial charge in [0.25, 0.3) is 0 Å². The van der Waals surface area contributed by atoms with Crippen molar-refractivity contribution < 1.29 is 9.21 Å². The van der Waals surface area contributed by atoms with Crippen LogP contribution in [0.2, 0.25) is 0 Å². The topological polar surface area (TPSA) is 74.0 Å². The lowest BCUT2D eigenvalue weighted by Gasteiger charge is -2.25. The van der Waals surface area contributed by atoms with E-state index in [1.807, 2.05) is 37.6 Å². The zero-order chi connectivity index (χ0) is 19.0. The molecule has 1 rings (SSSR count). The number of likely N-dealkylation sites (N-methyl/N-ethyl adjacent to an activating group) is 2. The third-order valence-corrected chi connectivity index (χ3v) is 3.84. The maximum atomic E-state index is 12.3. The van der Waals surface area contributed by atoms with Crippen molar-refractivity contribution >= 4 is 11.9 Å². The number of nitrogens with one attached hydrogen (secondary N) is 1. The molecule has 1 heterocycles. The number of guanidine groups is 1. The van der Waals surface area contributed by atoms with E-state index in [-0.39, 0.29) is 17.9 Å². The molecule has 1 aromatic heterocycles. The number of aromatic nitrogens is 1. The van der Waals surface area contributed by atoms with E-state index in [9.17, 15) is 4.79 Å². The number of aliphatic imine (C=N–C) groups is 1. The Morgan fingerprint density at radius 3 is 2.40 bits per heavy atom. The molecule has 0 spiro atoms. The molecule has 0 bridgehead atoms. The molecule has 142 valence electrons. The quantitative estimate of drug-likeness (QED) is 0.602. The Bertz CT molecular complexity index is 570. The van der Waals surface area contributed by atoms with E-state index >= 15 is 0 Å². The fourth-order valence-electron chi connectivity index (χ4n) is 2.30. The summed E-state index contributed by atoms with van der Waals surface area (Å²) in [4.78, 5) is 24.8. The molecule has 1 aromatic rings. The Hall–Kier alpha value is -2.05. The minimum atomic E-state index is -0.0769. The Balaban J connectivity index is 2.79. The van der Waals surface area contributed by atoms with Gasteiger partial charge in [-0.05, 0) is 20.8 Å². The summed E-state index contributed by atoms with van der Waals surface area (Å²) in [5, 5.41) is 3.21. The van der Waals surface area contributed by atoms with E-state index in [0.29, 0.717) is 31.5 Å². The van der Waals surface area contributed by atoms with Crippen molar-refractivity contribution in [2.75, 3.05) is 33.2 Å². The molecule has 0 unspecified atom stereocenters. The number of nitrogens with zero attached hydrogens (tertiary/aromatic N) is 4. The van der Waals surface area contributed by atoms with Crippen molar-refractivity contribution in [2.45, 2.75) is 53.5 Å². The van der Waals surface area contributed by atoms with Gasteiger partial charge in [0.1, 0.15) is 12.3 Å².